The van der Waals surface area contributed by atoms with Crippen LogP contribution in [0.25, 0.3) is 0 Å². The summed E-state index contributed by atoms with van der Waals surface area (Å²) in [6.45, 7) is 8.69. The van der Waals surface area contributed by atoms with Crippen molar-refractivity contribution in [3.8, 4) is 0 Å². The Kier molecular flexibility index (Phi) is 3.39. The van der Waals surface area contributed by atoms with Crippen LogP contribution in [0.5, 0.6) is 0 Å². The van der Waals surface area contributed by atoms with Crippen molar-refractivity contribution in [3.63, 3.8) is 0 Å². The molecule has 1 rings (SSSR count). The molecule has 0 radical (unpaired) electrons. The zero-order valence-electron chi connectivity index (χ0n) is 9.36. The predicted octanol–water partition coefficient (Wildman–Crippen LogP) is 2.94. The number of hydrogen-bond acceptors (Lipinski definition) is 2. The highest BCUT2D eigenvalue weighted by molar-refractivity contribution is 5.76. The van der Waals surface area contributed by atoms with Gasteiger partial charge in [0.05, 0.1) is 11.7 Å². The Hall–Kier alpha value is -1.18. The molecule has 0 N–H and O–H groups in total. The van der Waals surface area contributed by atoms with Gasteiger partial charge in [-0.3, -0.25) is 9.98 Å². The summed E-state index contributed by atoms with van der Waals surface area (Å²) < 4.78 is 0. The molecule has 0 saturated heterocycles. The first-order chi connectivity index (χ1) is 6.50. The monoisotopic (exact) mass is 190 g/mol. The van der Waals surface area contributed by atoms with Gasteiger partial charge in [-0.15, -0.1) is 0 Å². The third-order valence-corrected chi connectivity index (χ3v) is 2.37. The van der Waals surface area contributed by atoms with Crippen LogP contribution >= 0.6 is 0 Å². The van der Waals surface area contributed by atoms with Crippen molar-refractivity contribution in [2.75, 3.05) is 0 Å². The van der Waals surface area contributed by atoms with Crippen molar-refractivity contribution in [1.82, 2.24) is 4.98 Å². The van der Waals surface area contributed by atoms with Crippen LogP contribution < -0.4 is 0 Å². The Morgan fingerprint density at radius 1 is 1.36 bits per heavy atom. The van der Waals surface area contributed by atoms with Gasteiger partial charge < -0.3 is 0 Å². The molecule has 2 nitrogen and oxygen atoms in total. The van der Waals surface area contributed by atoms with Gasteiger partial charge in [0.15, 0.2) is 0 Å². The van der Waals surface area contributed by atoms with Gasteiger partial charge in [0.25, 0.3) is 0 Å². The number of aliphatic imine (C=N–C) groups is 1. The Labute approximate surface area is 86.1 Å². The van der Waals surface area contributed by atoms with Gasteiger partial charge in [-0.05, 0) is 24.5 Å². The molecular formula is C12H18N2. The lowest BCUT2D eigenvalue weighted by Gasteiger charge is -2.23. The first-order valence-electron chi connectivity index (χ1n) is 4.94. The van der Waals surface area contributed by atoms with Crippen molar-refractivity contribution < 1.29 is 0 Å². The Balaban J connectivity index is 2.66. The lowest BCUT2D eigenvalue weighted by molar-refractivity contribution is 0.342. The van der Waals surface area contributed by atoms with Gasteiger partial charge in [-0.25, -0.2) is 0 Å². The van der Waals surface area contributed by atoms with Crippen LogP contribution in [0, 0.1) is 5.41 Å². The van der Waals surface area contributed by atoms with E-state index in [9.17, 15) is 0 Å². The minimum absolute atomic E-state index is 0.214. The lowest BCUT2D eigenvalue weighted by Crippen LogP contribution is -2.20. The molecule has 0 aromatic carbocycles. The fourth-order valence-corrected chi connectivity index (χ4v) is 0.864. The van der Waals surface area contributed by atoms with E-state index >= 15 is 0 Å². The molecule has 0 spiro atoms. The second-order valence-corrected chi connectivity index (χ2v) is 4.57. The van der Waals surface area contributed by atoms with Crippen LogP contribution in [0.4, 0.5) is 0 Å². The topological polar surface area (TPSA) is 25.2 Å². The summed E-state index contributed by atoms with van der Waals surface area (Å²) in [6.07, 6.45) is 3.62. The fraction of sp³-hybridized carbons (Fsp3) is 0.500. The molecule has 1 aromatic heterocycles. The van der Waals surface area contributed by atoms with Gasteiger partial charge in [-0.1, -0.05) is 26.8 Å². The van der Waals surface area contributed by atoms with E-state index in [1.54, 1.807) is 6.20 Å². The lowest BCUT2D eigenvalue weighted by atomic mass is 9.88. The first-order valence-corrected chi connectivity index (χ1v) is 4.94. The smallest absolute Gasteiger partial charge is 0.0807 e. The quantitative estimate of drug-likeness (QED) is 0.658. The summed E-state index contributed by atoms with van der Waals surface area (Å²) in [5.74, 6) is 0. The van der Waals surface area contributed by atoms with Gasteiger partial charge in [-0.2, -0.15) is 0 Å². The van der Waals surface area contributed by atoms with Crippen LogP contribution in [0.2, 0.25) is 0 Å². The van der Waals surface area contributed by atoms with Crippen LogP contribution in [0.3, 0.4) is 0 Å². The maximum Gasteiger partial charge on any atom is 0.0807 e. The zero-order valence-corrected chi connectivity index (χ0v) is 9.36. The van der Waals surface area contributed by atoms with Gasteiger partial charge in [0, 0.05) is 12.4 Å². The Morgan fingerprint density at radius 2 is 2.07 bits per heavy atom. The van der Waals surface area contributed by atoms with E-state index in [2.05, 4.69) is 37.7 Å². The van der Waals surface area contributed by atoms with E-state index < -0.39 is 0 Å². The summed E-state index contributed by atoms with van der Waals surface area (Å²) >= 11 is 0. The molecule has 1 unspecified atom stereocenters. The molecular weight excluding hydrogens is 172 g/mol. The van der Waals surface area contributed by atoms with E-state index in [1.165, 1.54) is 0 Å². The van der Waals surface area contributed by atoms with Crippen molar-refractivity contribution in [3.05, 3.63) is 30.1 Å². The van der Waals surface area contributed by atoms with E-state index in [4.69, 9.17) is 0 Å². The average Bonchev–Trinajstić information content (AvgIpc) is 2.14. The molecule has 0 fully saturated rings. The van der Waals surface area contributed by atoms with Gasteiger partial charge in [0.2, 0.25) is 0 Å². The summed E-state index contributed by atoms with van der Waals surface area (Å²) in [7, 11) is 0. The highest BCUT2D eigenvalue weighted by atomic mass is 14.8. The molecule has 0 saturated carbocycles. The van der Waals surface area contributed by atoms with Crippen molar-refractivity contribution in [2.24, 2.45) is 10.4 Å². The first kappa shape index (κ1) is 10.9. The average molecular weight is 190 g/mol. The minimum Gasteiger partial charge on any atom is -0.287 e. The van der Waals surface area contributed by atoms with Crippen molar-refractivity contribution in [1.29, 1.82) is 0 Å². The largest absolute Gasteiger partial charge is 0.287 e. The standard InChI is InChI=1S/C12H18N2/c1-10(12(2,3)4)14-9-11-7-5-6-8-13-11/h5-10H,1-4H3. The van der Waals surface area contributed by atoms with E-state index in [0.717, 1.165) is 5.69 Å². The molecule has 0 bridgehead atoms. The predicted molar refractivity (Wildman–Crippen MR) is 60.7 cm³/mol. The SMILES string of the molecule is CC(N=Cc1ccccn1)C(C)(C)C. The zero-order chi connectivity index (χ0) is 10.6. The third-order valence-electron chi connectivity index (χ3n) is 2.37. The van der Waals surface area contributed by atoms with Crippen LogP contribution in [-0.4, -0.2) is 17.2 Å². The van der Waals surface area contributed by atoms with Gasteiger partial charge >= 0.3 is 0 Å². The van der Waals surface area contributed by atoms with Crippen LogP contribution in [-0.2, 0) is 0 Å². The number of nitrogens with zero attached hydrogens (tertiary/aromatic N) is 2. The third kappa shape index (κ3) is 3.29. The van der Waals surface area contributed by atoms with Crippen LogP contribution in [0.1, 0.15) is 33.4 Å². The molecule has 0 aliphatic rings. The number of pyridine rings is 1. The maximum atomic E-state index is 4.48. The molecule has 14 heavy (non-hydrogen) atoms. The van der Waals surface area contributed by atoms with E-state index in [0.29, 0.717) is 6.04 Å². The maximum absolute atomic E-state index is 4.48. The molecule has 0 aliphatic heterocycles. The van der Waals surface area contributed by atoms with Gasteiger partial charge in [0.1, 0.15) is 0 Å². The molecule has 0 amide bonds. The summed E-state index contributed by atoms with van der Waals surface area (Å²) in [5, 5.41) is 0. The minimum atomic E-state index is 0.214. The summed E-state index contributed by atoms with van der Waals surface area (Å²) in [6, 6.07) is 6.14. The normalized spacial score (nSPS) is 14.6. The Morgan fingerprint density at radius 3 is 2.57 bits per heavy atom. The summed E-state index contributed by atoms with van der Waals surface area (Å²) in [5.41, 5.74) is 1.13. The number of aromatic nitrogens is 1. The highest BCUT2D eigenvalue weighted by Crippen LogP contribution is 2.21. The Bertz CT molecular complexity index is 296. The van der Waals surface area contributed by atoms with Crippen molar-refractivity contribution >= 4 is 6.21 Å². The molecule has 1 heterocycles. The fourth-order valence-electron chi connectivity index (χ4n) is 0.864. The number of rotatable bonds is 2. The molecule has 1 atom stereocenters. The van der Waals surface area contributed by atoms with Crippen LogP contribution in [0.15, 0.2) is 29.4 Å². The highest BCUT2D eigenvalue weighted by Gasteiger charge is 2.17. The molecule has 76 valence electrons. The van der Waals surface area contributed by atoms with E-state index in [-0.39, 0.29) is 5.41 Å². The molecule has 2 heteroatoms. The van der Waals surface area contributed by atoms with Crippen molar-refractivity contribution in [2.45, 2.75) is 33.7 Å². The number of hydrogen-bond donors (Lipinski definition) is 0. The summed E-state index contributed by atoms with van der Waals surface area (Å²) in [4.78, 5) is 8.66. The molecule has 1 aromatic rings. The molecule has 0 aliphatic carbocycles. The van der Waals surface area contributed by atoms with E-state index in [1.807, 2.05) is 24.4 Å². The second-order valence-electron chi connectivity index (χ2n) is 4.57. The second kappa shape index (κ2) is 4.36.